The van der Waals surface area contributed by atoms with Gasteiger partial charge in [-0.15, -0.1) is 24.8 Å². The number of hydrogen-bond donors (Lipinski definition) is 0. The molecule has 1 aliphatic heterocycles. The fraction of sp³-hybridized carbons (Fsp3) is 1.00. The van der Waals surface area contributed by atoms with Gasteiger partial charge in [0.1, 0.15) is 0 Å². The summed E-state index contributed by atoms with van der Waals surface area (Å²) in [5.74, 6) is 0. The molecule has 0 unspecified atom stereocenters. The molecule has 0 aromatic rings. The van der Waals surface area contributed by atoms with Gasteiger partial charge in [0.25, 0.3) is 0 Å². The van der Waals surface area contributed by atoms with Crippen molar-refractivity contribution in [2.75, 3.05) is 0 Å². The van der Waals surface area contributed by atoms with Gasteiger partial charge in [-0.05, 0) is 27.7 Å². The van der Waals surface area contributed by atoms with Crippen LogP contribution in [0.25, 0.3) is 0 Å². The quantitative estimate of drug-likeness (QED) is 0.556. The van der Waals surface area contributed by atoms with Gasteiger partial charge in [0.05, 0.1) is 11.2 Å². The van der Waals surface area contributed by atoms with E-state index >= 15 is 0 Å². The van der Waals surface area contributed by atoms with Gasteiger partial charge < -0.3 is 9.31 Å². The molecule has 2 nitrogen and oxygen atoms in total. The molecule has 1 heterocycles. The Balaban J connectivity index is 0. The predicted molar refractivity (Wildman–Crippen MR) is 50.6 cm³/mol. The minimum absolute atomic E-state index is 0. The SMILES string of the molecule is CC1(C)O[B]OC1(C)C.Cl.Cl. The second-order valence-electron chi connectivity index (χ2n) is 3.35. The van der Waals surface area contributed by atoms with Crippen LogP contribution in [-0.4, -0.2) is 18.9 Å². The van der Waals surface area contributed by atoms with Gasteiger partial charge in [-0.3, -0.25) is 0 Å². The minimum atomic E-state index is -0.188. The summed E-state index contributed by atoms with van der Waals surface area (Å²) in [6.07, 6.45) is 0. The zero-order valence-corrected chi connectivity index (χ0v) is 8.84. The fourth-order valence-corrected chi connectivity index (χ4v) is 0.548. The molecule has 0 amide bonds. The van der Waals surface area contributed by atoms with Gasteiger partial charge in [-0.25, -0.2) is 0 Å². The molecule has 11 heavy (non-hydrogen) atoms. The first-order valence-corrected chi connectivity index (χ1v) is 3.13. The van der Waals surface area contributed by atoms with Crippen molar-refractivity contribution in [3.8, 4) is 0 Å². The molecule has 0 spiro atoms. The third-order valence-electron chi connectivity index (χ3n) is 2.14. The first-order valence-electron chi connectivity index (χ1n) is 3.13. The zero-order chi connectivity index (χ0) is 7.12. The molecule has 1 saturated heterocycles. The molecular weight excluding hydrogens is 186 g/mol. The molecule has 1 rings (SSSR count). The maximum absolute atomic E-state index is 5.21. The van der Waals surface area contributed by atoms with Crippen LogP contribution in [0, 0.1) is 0 Å². The average molecular weight is 200 g/mol. The minimum Gasteiger partial charge on any atom is -0.405 e. The molecule has 1 radical (unpaired) electrons. The van der Waals surface area contributed by atoms with E-state index in [0.29, 0.717) is 0 Å². The van der Waals surface area contributed by atoms with Crippen LogP contribution in [0.2, 0.25) is 0 Å². The Morgan fingerprint density at radius 3 is 1.18 bits per heavy atom. The van der Waals surface area contributed by atoms with E-state index in [9.17, 15) is 0 Å². The van der Waals surface area contributed by atoms with E-state index in [2.05, 4.69) is 0 Å². The molecule has 0 bridgehead atoms. The maximum atomic E-state index is 5.21. The highest BCUT2D eigenvalue weighted by Gasteiger charge is 2.44. The van der Waals surface area contributed by atoms with Crippen molar-refractivity contribution in [3.63, 3.8) is 0 Å². The maximum Gasteiger partial charge on any atom is 0.488 e. The summed E-state index contributed by atoms with van der Waals surface area (Å²) in [4.78, 5) is 0. The smallest absolute Gasteiger partial charge is 0.405 e. The van der Waals surface area contributed by atoms with Crippen LogP contribution < -0.4 is 0 Å². The van der Waals surface area contributed by atoms with E-state index in [0.717, 1.165) is 0 Å². The Kier molecular flexibility index (Phi) is 5.12. The van der Waals surface area contributed by atoms with Gasteiger partial charge in [-0.1, -0.05) is 0 Å². The fourth-order valence-electron chi connectivity index (χ4n) is 0.548. The lowest BCUT2D eigenvalue weighted by atomic mass is 9.90. The standard InChI is InChI=1S/C6H12BO2.2ClH/c1-5(2)6(3,4)9-7-8-5;;/h1-4H3;2*1H. The molecule has 0 saturated carbocycles. The molecule has 0 aromatic carbocycles. The van der Waals surface area contributed by atoms with Gasteiger partial charge in [0.15, 0.2) is 0 Å². The summed E-state index contributed by atoms with van der Waals surface area (Å²) in [6, 6.07) is 0. The Morgan fingerprint density at radius 2 is 1.09 bits per heavy atom. The molecule has 67 valence electrons. The third-order valence-corrected chi connectivity index (χ3v) is 2.14. The summed E-state index contributed by atoms with van der Waals surface area (Å²) >= 11 is 0. The lowest BCUT2D eigenvalue weighted by molar-refractivity contribution is 0.00578. The van der Waals surface area contributed by atoms with Gasteiger partial charge >= 0.3 is 7.69 Å². The highest BCUT2D eigenvalue weighted by atomic mass is 35.5. The molecule has 1 fully saturated rings. The van der Waals surface area contributed by atoms with E-state index in [1.807, 2.05) is 27.7 Å². The molecule has 0 aromatic heterocycles. The summed E-state index contributed by atoms with van der Waals surface area (Å²) in [6.45, 7) is 8.04. The van der Waals surface area contributed by atoms with Crippen LogP contribution in [0.15, 0.2) is 0 Å². The highest BCUT2D eigenvalue weighted by Crippen LogP contribution is 2.33. The molecule has 0 N–H and O–H groups in total. The van der Waals surface area contributed by atoms with E-state index in [1.54, 1.807) is 0 Å². The zero-order valence-electron chi connectivity index (χ0n) is 7.21. The Morgan fingerprint density at radius 1 is 0.818 bits per heavy atom. The van der Waals surface area contributed by atoms with Crippen molar-refractivity contribution < 1.29 is 9.31 Å². The number of halogens is 2. The topological polar surface area (TPSA) is 18.5 Å². The van der Waals surface area contributed by atoms with E-state index in [1.165, 1.54) is 7.69 Å². The van der Waals surface area contributed by atoms with E-state index in [4.69, 9.17) is 9.31 Å². The first kappa shape index (κ1) is 14.1. The Bertz CT molecular complexity index is 114. The largest absolute Gasteiger partial charge is 0.488 e. The van der Waals surface area contributed by atoms with Crippen LogP contribution in [0.1, 0.15) is 27.7 Å². The number of rotatable bonds is 0. The summed E-state index contributed by atoms with van der Waals surface area (Å²) in [5.41, 5.74) is -0.375. The summed E-state index contributed by atoms with van der Waals surface area (Å²) in [5, 5.41) is 0. The molecule has 0 atom stereocenters. The number of hydrogen-bond acceptors (Lipinski definition) is 2. The van der Waals surface area contributed by atoms with Gasteiger partial charge in [0.2, 0.25) is 0 Å². The lowest BCUT2D eigenvalue weighted by Gasteiger charge is -2.32. The predicted octanol–water partition coefficient (Wildman–Crippen LogP) is 1.97. The summed E-state index contributed by atoms with van der Waals surface area (Å²) in [7, 11) is 1.42. The molecule has 0 aliphatic carbocycles. The lowest BCUT2D eigenvalue weighted by Crippen LogP contribution is -2.41. The monoisotopic (exact) mass is 199 g/mol. The third kappa shape index (κ3) is 2.51. The molecule has 1 aliphatic rings. The average Bonchev–Trinajstić information content (AvgIpc) is 1.81. The molecular formula is C6H14BCl2O2. The van der Waals surface area contributed by atoms with Crippen molar-refractivity contribution in [3.05, 3.63) is 0 Å². The van der Waals surface area contributed by atoms with Crippen LogP contribution in [-0.2, 0) is 9.31 Å². The van der Waals surface area contributed by atoms with E-state index < -0.39 is 0 Å². The van der Waals surface area contributed by atoms with Crippen LogP contribution in [0.4, 0.5) is 0 Å². The first-order chi connectivity index (χ1) is 3.96. The Labute approximate surface area is 81.1 Å². The van der Waals surface area contributed by atoms with Crippen LogP contribution in [0.3, 0.4) is 0 Å². The van der Waals surface area contributed by atoms with Crippen LogP contribution in [0.5, 0.6) is 0 Å². The Hall–Kier alpha value is 0.565. The van der Waals surface area contributed by atoms with Crippen molar-refractivity contribution in [2.24, 2.45) is 0 Å². The van der Waals surface area contributed by atoms with Gasteiger partial charge in [0, 0.05) is 0 Å². The van der Waals surface area contributed by atoms with Crippen molar-refractivity contribution in [2.45, 2.75) is 38.9 Å². The van der Waals surface area contributed by atoms with Crippen molar-refractivity contribution in [1.29, 1.82) is 0 Å². The highest BCUT2D eigenvalue weighted by molar-refractivity contribution is 6.19. The second-order valence-corrected chi connectivity index (χ2v) is 3.35. The van der Waals surface area contributed by atoms with Crippen LogP contribution >= 0.6 is 24.8 Å². The second kappa shape index (κ2) is 3.99. The normalized spacial score (nSPS) is 24.4. The molecule has 5 heteroatoms. The van der Waals surface area contributed by atoms with Crippen molar-refractivity contribution in [1.82, 2.24) is 0 Å². The van der Waals surface area contributed by atoms with Crippen molar-refractivity contribution >= 4 is 32.5 Å². The van der Waals surface area contributed by atoms with Gasteiger partial charge in [-0.2, -0.15) is 0 Å². The summed E-state index contributed by atoms with van der Waals surface area (Å²) < 4.78 is 10.4. The van der Waals surface area contributed by atoms with E-state index in [-0.39, 0.29) is 36.0 Å².